The zero-order valence-electron chi connectivity index (χ0n) is 14.5. The molecule has 3 rings (SSSR count). The molecule has 1 amide bonds. The number of carbonyl (C=O) groups excluding carboxylic acids is 2. The van der Waals surface area contributed by atoms with Crippen molar-refractivity contribution in [2.24, 2.45) is 0 Å². The number of carbonyl (C=O) groups is 2. The van der Waals surface area contributed by atoms with E-state index in [0.29, 0.717) is 36.2 Å². The van der Waals surface area contributed by atoms with Gasteiger partial charge in [0.25, 0.3) is 5.91 Å². The van der Waals surface area contributed by atoms with Crippen molar-refractivity contribution in [3.8, 4) is 0 Å². The van der Waals surface area contributed by atoms with Crippen LogP contribution in [0.3, 0.4) is 0 Å². The summed E-state index contributed by atoms with van der Waals surface area (Å²) in [5.74, 6) is -0.842. The summed E-state index contributed by atoms with van der Waals surface area (Å²) in [6.07, 6.45) is 0. The smallest absolute Gasteiger partial charge is 0.338 e. The van der Waals surface area contributed by atoms with Crippen LogP contribution in [0.4, 0.5) is 11.4 Å². The quantitative estimate of drug-likeness (QED) is 0.622. The van der Waals surface area contributed by atoms with Crippen molar-refractivity contribution in [3.63, 3.8) is 0 Å². The minimum Gasteiger partial charge on any atom is -0.452 e. The number of benzene rings is 2. The molecule has 0 unspecified atom stereocenters. The Morgan fingerprint density at radius 3 is 2.37 bits per heavy atom. The molecule has 2 aromatic carbocycles. The minimum atomic E-state index is -0.610. The SMILES string of the molecule is Nc1cc(C(=O)OCC(=O)N2CCN(c3ccccc3Cl)CC2)ccc1Cl. The van der Waals surface area contributed by atoms with Gasteiger partial charge in [0.2, 0.25) is 0 Å². The van der Waals surface area contributed by atoms with Gasteiger partial charge < -0.3 is 20.3 Å². The zero-order chi connectivity index (χ0) is 19.4. The van der Waals surface area contributed by atoms with Gasteiger partial charge in [0.15, 0.2) is 6.61 Å². The number of hydrogen-bond acceptors (Lipinski definition) is 5. The van der Waals surface area contributed by atoms with Crippen molar-refractivity contribution in [1.29, 1.82) is 0 Å². The summed E-state index contributed by atoms with van der Waals surface area (Å²) in [6.45, 7) is 2.09. The van der Waals surface area contributed by atoms with Gasteiger partial charge in [-0.2, -0.15) is 0 Å². The topological polar surface area (TPSA) is 75.9 Å². The van der Waals surface area contributed by atoms with Crippen LogP contribution >= 0.6 is 23.2 Å². The number of nitrogens with two attached hydrogens (primary N) is 1. The minimum absolute atomic E-state index is 0.232. The van der Waals surface area contributed by atoms with E-state index in [-0.39, 0.29) is 23.8 Å². The van der Waals surface area contributed by atoms with Gasteiger partial charge in [0, 0.05) is 26.2 Å². The molecule has 0 aliphatic carbocycles. The highest BCUT2D eigenvalue weighted by atomic mass is 35.5. The fraction of sp³-hybridized carbons (Fsp3) is 0.263. The highest BCUT2D eigenvalue weighted by Crippen LogP contribution is 2.26. The molecule has 6 nitrogen and oxygen atoms in total. The Bertz CT molecular complexity index is 852. The lowest BCUT2D eigenvalue weighted by atomic mass is 10.2. The Morgan fingerprint density at radius 2 is 1.70 bits per heavy atom. The van der Waals surface area contributed by atoms with Crippen LogP contribution in [0.1, 0.15) is 10.4 Å². The number of para-hydroxylation sites is 1. The van der Waals surface area contributed by atoms with Gasteiger partial charge in [-0.25, -0.2) is 4.79 Å². The van der Waals surface area contributed by atoms with E-state index in [1.54, 1.807) is 4.90 Å². The van der Waals surface area contributed by atoms with Crippen LogP contribution in [0.25, 0.3) is 0 Å². The molecule has 2 aromatic rings. The first-order chi connectivity index (χ1) is 13.0. The summed E-state index contributed by atoms with van der Waals surface area (Å²) in [7, 11) is 0. The zero-order valence-corrected chi connectivity index (χ0v) is 16.0. The number of halogens is 2. The third kappa shape index (κ3) is 4.64. The average molecular weight is 408 g/mol. The van der Waals surface area contributed by atoms with Gasteiger partial charge in [-0.05, 0) is 30.3 Å². The summed E-state index contributed by atoms with van der Waals surface area (Å²) in [5, 5.41) is 1.05. The number of anilines is 2. The summed E-state index contributed by atoms with van der Waals surface area (Å²) in [4.78, 5) is 28.2. The largest absolute Gasteiger partial charge is 0.452 e. The molecule has 0 atom stereocenters. The Morgan fingerprint density at radius 1 is 1.00 bits per heavy atom. The van der Waals surface area contributed by atoms with Crippen molar-refractivity contribution < 1.29 is 14.3 Å². The highest BCUT2D eigenvalue weighted by Gasteiger charge is 2.23. The summed E-state index contributed by atoms with van der Waals surface area (Å²) in [6, 6.07) is 12.1. The van der Waals surface area contributed by atoms with Crippen LogP contribution in [0.2, 0.25) is 10.0 Å². The number of piperazine rings is 1. The molecule has 0 radical (unpaired) electrons. The number of nitrogens with zero attached hydrogens (tertiary/aromatic N) is 2. The molecule has 1 saturated heterocycles. The molecular weight excluding hydrogens is 389 g/mol. The molecule has 142 valence electrons. The van der Waals surface area contributed by atoms with Gasteiger partial charge in [-0.3, -0.25) is 4.79 Å². The van der Waals surface area contributed by atoms with E-state index in [0.717, 1.165) is 5.69 Å². The molecule has 1 heterocycles. The van der Waals surface area contributed by atoms with Crippen molar-refractivity contribution in [2.45, 2.75) is 0 Å². The summed E-state index contributed by atoms with van der Waals surface area (Å²) in [5.41, 5.74) is 7.17. The fourth-order valence-electron chi connectivity index (χ4n) is 2.88. The maximum atomic E-state index is 12.3. The van der Waals surface area contributed by atoms with Crippen LogP contribution in [-0.4, -0.2) is 49.6 Å². The molecule has 8 heteroatoms. The van der Waals surface area contributed by atoms with Crippen LogP contribution in [0.5, 0.6) is 0 Å². The Balaban J connectivity index is 1.50. The number of amides is 1. The van der Waals surface area contributed by atoms with Crippen LogP contribution in [-0.2, 0) is 9.53 Å². The molecule has 2 N–H and O–H groups in total. The lowest BCUT2D eigenvalue weighted by molar-refractivity contribution is -0.134. The molecule has 0 saturated carbocycles. The number of hydrogen-bond donors (Lipinski definition) is 1. The fourth-order valence-corrected chi connectivity index (χ4v) is 3.25. The van der Waals surface area contributed by atoms with E-state index < -0.39 is 5.97 Å². The second-order valence-corrected chi connectivity index (χ2v) is 6.95. The third-order valence-corrected chi connectivity index (χ3v) is 5.05. The molecule has 1 fully saturated rings. The Labute approximate surface area is 167 Å². The molecule has 1 aliphatic rings. The van der Waals surface area contributed by atoms with E-state index in [1.165, 1.54) is 18.2 Å². The van der Waals surface area contributed by atoms with Crippen molar-refractivity contribution in [2.75, 3.05) is 43.4 Å². The normalized spacial score (nSPS) is 14.1. The van der Waals surface area contributed by atoms with Crippen LogP contribution in [0.15, 0.2) is 42.5 Å². The number of ether oxygens (including phenoxy) is 1. The van der Waals surface area contributed by atoms with Crippen molar-refractivity contribution in [1.82, 2.24) is 4.90 Å². The Hall–Kier alpha value is -2.44. The predicted octanol–water partition coefficient (Wildman–Crippen LogP) is 3.08. The van der Waals surface area contributed by atoms with Gasteiger partial charge >= 0.3 is 5.97 Å². The third-order valence-electron chi connectivity index (χ3n) is 4.38. The summed E-state index contributed by atoms with van der Waals surface area (Å²) < 4.78 is 5.11. The standard InChI is InChI=1S/C19H19Cl2N3O3/c20-14-6-5-13(11-16(14)22)19(26)27-12-18(25)24-9-7-23(8-10-24)17-4-2-1-3-15(17)21/h1-6,11H,7-10,12,22H2. The van der Waals surface area contributed by atoms with E-state index in [9.17, 15) is 9.59 Å². The maximum Gasteiger partial charge on any atom is 0.338 e. The van der Waals surface area contributed by atoms with Crippen LogP contribution in [0, 0.1) is 0 Å². The van der Waals surface area contributed by atoms with Gasteiger partial charge in [0.05, 0.1) is 27.0 Å². The second kappa shape index (κ2) is 8.50. The van der Waals surface area contributed by atoms with E-state index >= 15 is 0 Å². The first kappa shape index (κ1) is 19.3. The maximum absolute atomic E-state index is 12.3. The Kier molecular flexibility index (Phi) is 6.08. The van der Waals surface area contributed by atoms with Gasteiger partial charge in [0.1, 0.15) is 0 Å². The van der Waals surface area contributed by atoms with Crippen LogP contribution < -0.4 is 10.6 Å². The lowest BCUT2D eigenvalue weighted by Crippen LogP contribution is -2.50. The molecule has 27 heavy (non-hydrogen) atoms. The molecule has 0 aromatic heterocycles. The molecular formula is C19H19Cl2N3O3. The monoisotopic (exact) mass is 407 g/mol. The second-order valence-electron chi connectivity index (χ2n) is 6.13. The summed E-state index contributed by atoms with van der Waals surface area (Å²) >= 11 is 12.1. The highest BCUT2D eigenvalue weighted by molar-refractivity contribution is 6.33. The molecule has 0 bridgehead atoms. The molecule has 0 spiro atoms. The molecule has 1 aliphatic heterocycles. The number of rotatable bonds is 4. The first-order valence-electron chi connectivity index (χ1n) is 8.45. The number of esters is 1. The van der Waals surface area contributed by atoms with E-state index in [1.807, 2.05) is 24.3 Å². The van der Waals surface area contributed by atoms with E-state index in [2.05, 4.69) is 4.90 Å². The van der Waals surface area contributed by atoms with Crippen molar-refractivity contribution in [3.05, 3.63) is 58.1 Å². The first-order valence-corrected chi connectivity index (χ1v) is 9.20. The number of nitrogen functional groups attached to an aromatic ring is 1. The average Bonchev–Trinajstić information content (AvgIpc) is 2.68. The van der Waals surface area contributed by atoms with Gasteiger partial charge in [-0.1, -0.05) is 35.3 Å². The lowest BCUT2D eigenvalue weighted by Gasteiger charge is -2.36. The van der Waals surface area contributed by atoms with Gasteiger partial charge in [-0.15, -0.1) is 0 Å². The van der Waals surface area contributed by atoms with Crippen molar-refractivity contribution >= 4 is 46.5 Å². The predicted molar refractivity (Wildman–Crippen MR) is 106 cm³/mol. The van der Waals surface area contributed by atoms with E-state index in [4.69, 9.17) is 33.7 Å².